The van der Waals surface area contributed by atoms with Crippen molar-refractivity contribution in [2.75, 3.05) is 0 Å². The highest BCUT2D eigenvalue weighted by atomic mass is 19.2. The second kappa shape index (κ2) is 5.72. The highest BCUT2D eigenvalue weighted by Crippen LogP contribution is 2.24. The molecule has 23 heavy (non-hydrogen) atoms. The van der Waals surface area contributed by atoms with Gasteiger partial charge in [0.2, 0.25) is 0 Å². The first kappa shape index (κ1) is 15.0. The van der Waals surface area contributed by atoms with Crippen LogP contribution in [0.3, 0.4) is 0 Å². The van der Waals surface area contributed by atoms with Gasteiger partial charge in [-0.2, -0.15) is 0 Å². The topological polar surface area (TPSA) is 33.1 Å². The number of phenolic OH excluding ortho intramolecular Hbond substituents is 1. The third kappa shape index (κ3) is 2.75. The number of rotatable bonds is 2. The summed E-state index contributed by atoms with van der Waals surface area (Å²) in [4.78, 5) is 4.16. The maximum atomic E-state index is 13.6. The highest BCUT2D eigenvalue weighted by molar-refractivity contribution is 5.85. The number of para-hydroxylation sites is 1. The van der Waals surface area contributed by atoms with E-state index in [9.17, 15) is 22.7 Å². The molecule has 0 aliphatic heterocycles. The maximum Gasteiger partial charge on any atom is 0.198 e. The van der Waals surface area contributed by atoms with Crippen molar-refractivity contribution in [2.24, 2.45) is 0 Å². The van der Waals surface area contributed by atoms with Gasteiger partial charge in [0.05, 0.1) is 5.69 Å². The van der Waals surface area contributed by atoms with E-state index in [0.29, 0.717) is 22.7 Å². The van der Waals surface area contributed by atoms with Crippen LogP contribution >= 0.6 is 0 Å². The lowest BCUT2D eigenvalue weighted by Crippen LogP contribution is -1.98. The van der Waals surface area contributed by atoms with Gasteiger partial charge in [-0.05, 0) is 30.4 Å². The largest absolute Gasteiger partial charge is 0.506 e. The van der Waals surface area contributed by atoms with E-state index in [0.717, 1.165) is 6.08 Å². The first-order chi connectivity index (χ1) is 11.0. The molecule has 2 aromatic carbocycles. The van der Waals surface area contributed by atoms with Gasteiger partial charge in [0, 0.05) is 10.9 Å². The van der Waals surface area contributed by atoms with Crippen LogP contribution in [-0.4, -0.2) is 10.1 Å². The van der Waals surface area contributed by atoms with Gasteiger partial charge in [0.1, 0.15) is 11.3 Å². The Morgan fingerprint density at radius 3 is 2.43 bits per heavy atom. The predicted molar refractivity (Wildman–Crippen MR) is 78.6 cm³/mol. The lowest BCUT2D eigenvalue weighted by Gasteiger charge is -2.03. The molecule has 1 N–H and O–H groups in total. The number of aromatic nitrogens is 1. The van der Waals surface area contributed by atoms with Crippen molar-refractivity contribution < 1.29 is 22.7 Å². The number of phenols is 1. The van der Waals surface area contributed by atoms with Crippen molar-refractivity contribution in [3.63, 3.8) is 0 Å². The van der Waals surface area contributed by atoms with Crippen molar-refractivity contribution in [1.82, 2.24) is 4.98 Å². The molecule has 116 valence electrons. The van der Waals surface area contributed by atoms with Crippen LogP contribution in [0.25, 0.3) is 23.1 Å². The Morgan fingerprint density at radius 2 is 1.65 bits per heavy atom. The van der Waals surface area contributed by atoms with Crippen LogP contribution in [0.15, 0.2) is 36.4 Å². The summed E-state index contributed by atoms with van der Waals surface area (Å²) in [5.74, 6) is -6.71. The summed E-state index contributed by atoms with van der Waals surface area (Å²) < 4.78 is 52.8. The summed E-state index contributed by atoms with van der Waals surface area (Å²) in [6, 6.07) is 8.71. The minimum atomic E-state index is -1.87. The number of pyridine rings is 1. The number of halogens is 4. The SMILES string of the molecule is Oc1cccc2ccc(/C=C/c3cc(F)c(F)c(F)c3F)nc12. The monoisotopic (exact) mass is 319 g/mol. The molecule has 0 bridgehead atoms. The first-order valence-corrected chi connectivity index (χ1v) is 6.57. The van der Waals surface area contributed by atoms with E-state index < -0.39 is 28.8 Å². The number of nitrogens with zero attached hydrogens (tertiary/aromatic N) is 1. The molecule has 0 aliphatic carbocycles. The molecule has 1 heterocycles. The molecule has 0 radical (unpaired) electrons. The molecule has 3 aromatic rings. The van der Waals surface area contributed by atoms with E-state index in [1.165, 1.54) is 12.1 Å². The van der Waals surface area contributed by atoms with E-state index in [-0.39, 0.29) is 5.75 Å². The number of aromatic hydroxyl groups is 1. The molecule has 0 amide bonds. The summed E-state index contributed by atoms with van der Waals surface area (Å²) in [5.41, 5.74) is 0.232. The normalized spacial score (nSPS) is 11.5. The average Bonchev–Trinajstić information content (AvgIpc) is 2.55. The van der Waals surface area contributed by atoms with Gasteiger partial charge in [0.25, 0.3) is 0 Å². The van der Waals surface area contributed by atoms with E-state index in [2.05, 4.69) is 4.98 Å². The molecule has 0 saturated carbocycles. The van der Waals surface area contributed by atoms with E-state index in [1.807, 2.05) is 0 Å². The zero-order valence-corrected chi connectivity index (χ0v) is 11.5. The fourth-order valence-electron chi connectivity index (χ4n) is 2.13. The Morgan fingerprint density at radius 1 is 0.870 bits per heavy atom. The molecular formula is C17H9F4NO. The minimum absolute atomic E-state index is 0.0252. The summed E-state index contributed by atoms with van der Waals surface area (Å²) >= 11 is 0. The van der Waals surface area contributed by atoms with Crippen molar-refractivity contribution in [3.8, 4) is 5.75 Å². The van der Waals surface area contributed by atoms with Gasteiger partial charge >= 0.3 is 0 Å². The molecule has 3 rings (SSSR count). The second-order valence-corrected chi connectivity index (χ2v) is 4.81. The third-order valence-corrected chi connectivity index (χ3v) is 3.28. The van der Waals surface area contributed by atoms with Crippen LogP contribution in [0.2, 0.25) is 0 Å². The quantitative estimate of drug-likeness (QED) is 0.423. The summed E-state index contributed by atoms with van der Waals surface area (Å²) in [6.45, 7) is 0. The van der Waals surface area contributed by atoms with E-state index >= 15 is 0 Å². The molecule has 2 nitrogen and oxygen atoms in total. The molecular weight excluding hydrogens is 310 g/mol. The third-order valence-electron chi connectivity index (χ3n) is 3.28. The Balaban J connectivity index is 2.02. The molecule has 0 atom stereocenters. The Bertz CT molecular complexity index is 938. The summed E-state index contributed by atoms with van der Waals surface area (Å²) in [6.07, 6.45) is 2.39. The standard InChI is InChI=1S/C17H9F4NO/c18-12-8-10(14(19)16(21)15(12)20)5-7-11-6-4-9-2-1-3-13(23)17(9)22-11/h1-8,23H/b7-5+. The second-order valence-electron chi connectivity index (χ2n) is 4.81. The molecule has 0 spiro atoms. The van der Waals surface area contributed by atoms with Gasteiger partial charge in [-0.3, -0.25) is 0 Å². The van der Waals surface area contributed by atoms with Gasteiger partial charge < -0.3 is 5.11 Å². The van der Waals surface area contributed by atoms with Crippen LogP contribution < -0.4 is 0 Å². The molecule has 0 unspecified atom stereocenters. The molecule has 0 saturated heterocycles. The van der Waals surface area contributed by atoms with Crippen molar-refractivity contribution in [1.29, 1.82) is 0 Å². The van der Waals surface area contributed by atoms with Crippen LogP contribution in [0.1, 0.15) is 11.3 Å². The van der Waals surface area contributed by atoms with Crippen molar-refractivity contribution >= 4 is 23.1 Å². The Kier molecular flexibility index (Phi) is 3.73. The zero-order valence-electron chi connectivity index (χ0n) is 11.5. The van der Waals surface area contributed by atoms with Gasteiger partial charge in [0.15, 0.2) is 23.3 Å². The van der Waals surface area contributed by atoms with Gasteiger partial charge in [-0.25, -0.2) is 22.5 Å². The lowest BCUT2D eigenvalue weighted by molar-refractivity contribution is 0.408. The highest BCUT2D eigenvalue weighted by Gasteiger charge is 2.17. The van der Waals surface area contributed by atoms with Crippen LogP contribution in [-0.2, 0) is 0 Å². The fraction of sp³-hybridized carbons (Fsp3) is 0. The summed E-state index contributed by atoms with van der Waals surface area (Å²) in [5, 5.41) is 10.4. The molecule has 6 heteroatoms. The van der Waals surface area contributed by atoms with Crippen LogP contribution in [0.5, 0.6) is 5.75 Å². The van der Waals surface area contributed by atoms with Gasteiger partial charge in [-0.1, -0.05) is 18.2 Å². The Labute approximate surface area is 128 Å². The smallest absolute Gasteiger partial charge is 0.198 e. The Hall–Kier alpha value is -2.89. The summed E-state index contributed by atoms with van der Waals surface area (Å²) in [7, 11) is 0. The van der Waals surface area contributed by atoms with Gasteiger partial charge in [-0.15, -0.1) is 0 Å². The molecule has 0 aliphatic rings. The first-order valence-electron chi connectivity index (χ1n) is 6.57. The van der Waals surface area contributed by atoms with E-state index in [4.69, 9.17) is 0 Å². The van der Waals surface area contributed by atoms with Crippen LogP contribution in [0, 0.1) is 23.3 Å². The molecule has 0 fully saturated rings. The minimum Gasteiger partial charge on any atom is -0.506 e. The number of hydrogen-bond donors (Lipinski definition) is 1. The zero-order chi connectivity index (χ0) is 16.6. The lowest BCUT2D eigenvalue weighted by atomic mass is 10.1. The number of benzene rings is 2. The van der Waals surface area contributed by atoms with Crippen LogP contribution in [0.4, 0.5) is 17.6 Å². The number of fused-ring (bicyclic) bond motifs is 1. The van der Waals surface area contributed by atoms with E-state index in [1.54, 1.807) is 24.3 Å². The predicted octanol–water partition coefficient (Wildman–Crippen LogP) is 4.67. The number of hydrogen-bond acceptors (Lipinski definition) is 2. The average molecular weight is 319 g/mol. The van der Waals surface area contributed by atoms with Crippen molar-refractivity contribution in [3.05, 3.63) is 70.9 Å². The maximum absolute atomic E-state index is 13.6. The molecule has 1 aromatic heterocycles. The van der Waals surface area contributed by atoms with Crippen molar-refractivity contribution in [2.45, 2.75) is 0 Å². The fourth-order valence-corrected chi connectivity index (χ4v) is 2.13.